The van der Waals surface area contributed by atoms with E-state index in [1.54, 1.807) is 0 Å². The Bertz CT molecular complexity index is 839. The normalized spacial score (nSPS) is 13.9. The summed E-state index contributed by atoms with van der Waals surface area (Å²) in [5, 5.41) is 19.2. The third-order valence-corrected chi connectivity index (χ3v) is 5.83. The van der Waals surface area contributed by atoms with Crippen LogP contribution in [0, 0.1) is 5.92 Å². The number of nitrogens with one attached hydrogen (secondary N) is 4. The van der Waals surface area contributed by atoms with Crippen LogP contribution in [-0.2, 0) is 24.0 Å². The molecule has 0 radical (unpaired) electrons. The van der Waals surface area contributed by atoms with Crippen LogP contribution in [-0.4, -0.2) is 90.2 Å². The number of nitrogens with zero attached hydrogens (tertiary/aromatic N) is 1. The quantitative estimate of drug-likeness (QED) is 0.0306. The number of hydrogen-bond donors (Lipinski definition) is 10. The predicted octanol–water partition coefficient (Wildman–Crippen LogP) is -2.87. The number of guanidine groups is 1. The van der Waals surface area contributed by atoms with Crippen molar-refractivity contribution in [2.45, 2.75) is 76.5 Å². The van der Waals surface area contributed by atoms with Crippen molar-refractivity contribution in [3.05, 3.63) is 0 Å². The summed E-state index contributed by atoms with van der Waals surface area (Å²) in [6.45, 7) is 3.96. The van der Waals surface area contributed by atoms with Crippen LogP contribution < -0.4 is 44.2 Å². The summed E-state index contributed by atoms with van der Waals surface area (Å²) in [5.74, 6) is -3.94. The van der Waals surface area contributed by atoms with Crippen LogP contribution in [0.25, 0.3) is 0 Å². The van der Waals surface area contributed by atoms with E-state index in [0.717, 1.165) is 0 Å². The second kappa shape index (κ2) is 19.9. The maximum Gasteiger partial charge on any atom is 0.327 e. The molecule has 16 heteroatoms. The molecule has 224 valence electrons. The number of carbonyl (C=O) groups is 5. The van der Waals surface area contributed by atoms with Gasteiger partial charge in [0.25, 0.3) is 0 Å². The number of rotatable bonds is 20. The standard InChI is InChI=1S/C23H45N9O6S/c1-13(2)10-16(21(36)32-17(12-39)22(37)38)31-20(35)15(7-3-4-8-24)30-18(33)11-29-19(34)14(25)6-5-9-28-23(26)27/h13-17,39H,3-12,24-25H2,1-2H3,(H,29,34)(H,30,33)(H,31,35)(H,32,36)(H,37,38)(H4,26,27,28)/t14-,15-,16-,17-/m0/s1. The fraction of sp³-hybridized carbons (Fsp3) is 0.739. The number of unbranched alkanes of at least 4 members (excludes halogenated alkanes) is 1. The van der Waals surface area contributed by atoms with E-state index in [1.807, 2.05) is 13.8 Å². The molecular weight excluding hydrogens is 530 g/mol. The number of amides is 4. The Kier molecular flexibility index (Phi) is 18.3. The molecule has 39 heavy (non-hydrogen) atoms. The Balaban J connectivity index is 5.21. The van der Waals surface area contributed by atoms with Crippen LogP contribution in [0.15, 0.2) is 4.99 Å². The zero-order valence-corrected chi connectivity index (χ0v) is 23.5. The van der Waals surface area contributed by atoms with Gasteiger partial charge in [0.2, 0.25) is 23.6 Å². The molecule has 0 rings (SSSR count). The average molecular weight is 576 g/mol. The van der Waals surface area contributed by atoms with E-state index in [9.17, 15) is 29.1 Å². The van der Waals surface area contributed by atoms with E-state index in [-0.39, 0.29) is 30.5 Å². The molecular formula is C23H45N9O6S. The molecule has 0 aromatic heterocycles. The van der Waals surface area contributed by atoms with Crippen molar-refractivity contribution in [3.63, 3.8) is 0 Å². The summed E-state index contributed by atoms with van der Waals surface area (Å²) in [6.07, 6.45) is 2.35. The number of aliphatic imine (C=N–C) groups is 1. The Hall–Kier alpha value is -3.11. The summed E-state index contributed by atoms with van der Waals surface area (Å²) < 4.78 is 0. The van der Waals surface area contributed by atoms with Gasteiger partial charge in [-0.15, -0.1) is 0 Å². The molecule has 0 bridgehead atoms. The summed E-state index contributed by atoms with van der Waals surface area (Å²) in [6, 6.07) is -4.16. The molecule has 0 aliphatic rings. The minimum atomic E-state index is -1.25. The molecule has 0 aromatic carbocycles. The molecule has 15 nitrogen and oxygen atoms in total. The lowest BCUT2D eigenvalue weighted by Gasteiger charge is -2.25. The minimum Gasteiger partial charge on any atom is -0.480 e. The van der Waals surface area contributed by atoms with Gasteiger partial charge in [0.05, 0.1) is 12.6 Å². The van der Waals surface area contributed by atoms with Gasteiger partial charge < -0.3 is 49.3 Å². The highest BCUT2D eigenvalue weighted by atomic mass is 32.1. The number of thiol groups is 1. The first kappa shape index (κ1) is 35.9. The highest BCUT2D eigenvalue weighted by molar-refractivity contribution is 7.80. The van der Waals surface area contributed by atoms with E-state index in [2.05, 4.69) is 38.9 Å². The number of carboxylic acid groups (broad SMARTS) is 1. The largest absolute Gasteiger partial charge is 0.480 e. The fourth-order valence-corrected chi connectivity index (χ4v) is 3.64. The zero-order valence-electron chi connectivity index (χ0n) is 22.7. The monoisotopic (exact) mass is 575 g/mol. The van der Waals surface area contributed by atoms with Crippen LogP contribution in [0.1, 0.15) is 52.4 Å². The summed E-state index contributed by atoms with van der Waals surface area (Å²) >= 11 is 3.94. The second-order valence-corrected chi connectivity index (χ2v) is 9.82. The van der Waals surface area contributed by atoms with Crippen molar-refractivity contribution < 1.29 is 29.1 Å². The molecule has 0 unspecified atom stereocenters. The average Bonchev–Trinajstić information content (AvgIpc) is 2.86. The molecule has 0 saturated carbocycles. The number of carbonyl (C=O) groups excluding carboxylic acids is 4. The Morgan fingerprint density at radius 1 is 0.872 bits per heavy atom. The highest BCUT2D eigenvalue weighted by Crippen LogP contribution is 2.08. The zero-order chi connectivity index (χ0) is 30.0. The van der Waals surface area contributed by atoms with Gasteiger partial charge in [0.1, 0.15) is 18.1 Å². The van der Waals surface area contributed by atoms with Crippen molar-refractivity contribution in [1.82, 2.24) is 21.3 Å². The van der Waals surface area contributed by atoms with Crippen LogP contribution in [0.2, 0.25) is 0 Å². The van der Waals surface area contributed by atoms with Crippen LogP contribution >= 0.6 is 12.6 Å². The Labute approximate surface area is 234 Å². The molecule has 0 aliphatic carbocycles. The van der Waals surface area contributed by atoms with Crippen LogP contribution in [0.3, 0.4) is 0 Å². The third kappa shape index (κ3) is 16.5. The fourth-order valence-electron chi connectivity index (χ4n) is 3.39. The Morgan fingerprint density at radius 2 is 1.49 bits per heavy atom. The highest BCUT2D eigenvalue weighted by Gasteiger charge is 2.29. The van der Waals surface area contributed by atoms with E-state index in [1.165, 1.54) is 0 Å². The van der Waals surface area contributed by atoms with E-state index in [0.29, 0.717) is 38.8 Å². The van der Waals surface area contributed by atoms with Gasteiger partial charge in [-0.05, 0) is 51.0 Å². The van der Waals surface area contributed by atoms with Gasteiger partial charge in [-0.1, -0.05) is 13.8 Å². The smallest absolute Gasteiger partial charge is 0.327 e. The molecule has 0 heterocycles. The molecule has 4 atom stereocenters. The lowest BCUT2D eigenvalue weighted by molar-refractivity contribution is -0.141. The van der Waals surface area contributed by atoms with Gasteiger partial charge >= 0.3 is 5.97 Å². The lowest BCUT2D eigenvalue weighted by atomic mass is 10.0. The molecule has 4 amide bonds. The van der Waals surface area contributed by atoms with Crippen molar-refractivity contribution in [2.24, 2.45) is 33.8 Å². The lowest BCUT2D eigenvalue weighted by Crippen LogP contribution is -2.57. The van der Waals surface area contributed by atoms with E-state index >= 15 is 0 Å². The van der Waals surface area contributed by atoms with Gasteiger partial charge in [0, 0.05) is 12.3 Å². The second-order valence-electron chi connectivity index (χ2n) is 9.45. The maximum absolute atomic E-state index is 13.1. The topological polar surface area (TPSA) is 270 Å². The molecule has 0 fully saturated rings. The number of carboxylic acids is 1. The van der Waals surface area contributed by atoms with Crippen LogP contribution in [0.5, 0.6) is 0 Å². The van der Waals surface area contributed by atoms with Gasteiger partial charge in [-0.2, -0.15) is 12.6 Å². The molecule has 13 N–H and O–H groups in total. The van der Waals surface area contributed by atoms with Crippen molar-refractivity contribution in [1.29, 1.82) is 0 Å². The summed E-state index contributed by atoms with van der Waals surface area (Å²) in [7, 11) is 0. The number of hydrogen-bond acceptors (Lipinski definition) is 9. The first-order chi connectivity index (χ1) is 18.3. The van der Waals surface area contributed by atoms with Crippen LogP contribution in [0.4, 0.5) is 0 Å². The third-order valence-electron chi connectivity index (χ3n) is 5.46. The van der Waals surface area contributed by atoms with E-state index in [4.69, 9.17) is 22.9 Å². The summed E-state index contributed by atoms with van der Waals surface area (Å²) in [4.78, 5) is 65.7. The van der Waals surface area contributed by atoms with Gasteiger partial charge in [0.15, 0.2) is 5.96 Å². The predicted molar refractivity (Wildman–Crippen MR) is 151 cm³/mol. The van der Waals surface area contributed by atoms with Crippen molar-refractivity contribution in [3.8, 4) is 0 Å². The van der Waals surface area contributed by atoms with E-state index < -0.39 is 60.3 Å². The molecule has 0 spiro atoms. The number of nitrogens with two attached hydrogens (primary N) is 4. The SMILES string of the molecule is CC(C)C[C@H](NC(=O)[C@H](CCCCN)NC(=O)CNC(=O)[C@@H](N)CCCN=C(N)N)C(=O)N[C@@H](CS)C(=O)O. The number of aliphatic carboxylic acids is 1. The van der Waals surface area contributed by atoms with Gasteiger partial charge in [-0.25, -0.2) is 4.79 Å². The van der Waals surface area contributed by atoms with Gasteiger partial charge in [-0.3, -0.25) is 24.2 Å². The molecule has 0 aromatic rings. The Morgan fingerprint density at radius 3 is 2.03 bits per heavy atom. The first-order valence-corrected chi connectivity index (χ1v) is 13.5. The molecule has 0 saturated heterocycles. The first-order valence-electron chi connectivity index (χ1n) is 12.8. The summed E-state index contributed by atoms with van der Waals surface area (Å²) in [5.41, 5.74) is 21.9. The maximum atomic E-state index is 13.1. The minimum absolute atomic E-state index is 0.00972. The van der Waals surface area contributed by atoms with Crippen molar-refractivity contribution >= 4 is 48.2 Å². The van der Waals surface area contributed by atoms with Crippen molar-refractivity contribution in [2.75, 3.05) is 25.4 Å². The molecule has 0 aliphatic heterocycles.